The van der Waals surface area contributed by atoms with Crippen LogP contribution in [0.3, 0.4) is 0 Å². The lowest BCUT2D eigenvalue weighted by molar-refractivity contribution is 0.0702. The minimum atomic E-state index is -3.01. The highest BCUT2D eigenvalue weighted by molar-refractivity contribution is 7.91. The van der Waals surface area contributed by atoms with Crippen LogP contribution in [0.15, 0.2) is 18.3 Å². The first-order chi connectivity index (χ1) is 11.0. The SMILES string of the molecule is CCCCNc1ccc(C(=O)N(CC)C2CCS(=O)(=O)C2)nc1. The minimum Gasteiger partial charge on any atom is -0.384 e. The highest BCUT2D eigenvalue weighted by Gasteiger charge is 2.34. The van der Waals surface area contributed by atoms with Crippen molar-refractivity contribution in [3.8, 4) is 0 Å². The van der Waals surface area contributed by atoms with E-state index in [-0.39, 0.29) is 23.5 Å². The van der Waals surface area contributed by atoms with Crippen LogP contribution in [-0.2, 0) is 9.84 Å². The number of hydrogen-bond donors (Lipinski definition) is 1. The fourth-order valence-electron chi connectivity index (χ4n) is 2.77. The first-order valence-corrected chi connectivity index (χ1v) is 10.00. The molecule has 0 radical (unpaired) electrons. The molecule has 128 valence electrons. The third kappa shape index (κ3) is 4.67. The Hall–Kier alpha value is -1.63. The Balaban J connectivity index is 2.03. The summed E-state index contributed by atoms with van der Waals surface area (Å²) in [4.78, 5) is 18.4. The largest absolute Gasteiger partial charge is 0.384 e. The molecule has 1 unspecified atom stereocenters. The second-order valence-electron chi connectivity index (χ2n) is 5.86. The Morgan fingerprint density at radius 2 is 2.17 bits per heavy atom. The van der Waals surface area contributed by atoms with Crippen molar-refractivity contribution >= 4 is 21.4 Å². The molecule has 2 heterocycles. The van der Waals surface area contributed by atoms with Gasteiger partial charge in [-0.05, 0) is 31.9 Å². The fourth-order valence-corrected chi connectivity index (χ4v) is 4.50. The van der Waals surface area contributed by atoms with Gasteiger partial charge in [-0.25, -0.2) is 13.4 Å². The van der Waals surface area contributed by atoms with Crippen LogP contribution in [0.5, 0.6) is 0 Å². The number of unbranched alkanes of at least 4 members (excludes halogenated alkanes) is 1. The maximum absolute atomic E-state index is 12.6. The van der Waals surface area contributed by atoms with Crippen LogP contribution >= 0.6 is 0 Å². The third-order valence-corrected chi connectivity index (χ3v) is 5.84. The third-order valence-electron chi connectivity index (χ3n) is 4.09. The van der Waals surface area contributed by atoms with Crippen molar-refractivity contribution < 1.29 is 13.2 Å². The molecule has 1 N–H and O–H groups in total. The van der Waals surface area contributed by atoms with Crippen LogP contribution in [-0.4, -0.2) is 54.8 Å². The van der Waals surface area contributed by atoms with Gasteiger partial charge < -0.3 is 10.2 Å². The Labute approximate surface area is 138 Å². The first-order valence-electron chi connectivity index (χ1n) is 8.18. The number of hydrogen-bond acceptors (Lipinski definition) is 5. The molecule has 1 amide bonds. The lowest BCUT2D eigenvalue weighted by Crippen LogP contribution is -2.41. The summed E-state index contributed by atoms with van der Waals surface area (Å²) in [5, 5.41) is 3.25. The molecule has 1 aromatic heterocycles. The highest BCUT2D eigenvalue weighted by atomic mass is 32.2. The van der Waals surface area contributed by atoms with Crippen molar-refractivity contribution in [1.82, 2.24) is 9.88 Å². The van der Waals surface area contributed by atoms with E-state index in [4.69, 9.17) is 0 Å². The normalized spacial score (nSPS) is 19.5. The van der Waals surface area contributed by atoms with Crippen molar-refractivity contribution in [3.05, 3.63) is 24.0 Å². The molecule has 1 aliphatic rings. The maximum atomic E-state index is 12.6. The van der Waals surface area contributed by atoms with Gasteiger partial charge in [-0.3, -0.25) is 4.79 Å². The predicted octanol–water partition coefficient (Wildman–Crippen LogP) is 1.94. The van der Waals surface area contributed by atoms with Crippen LogP contribution in [0.25, 0.3) is 0 Å². The molecule has 0 aliphatic carbocycles. The first kappa shape index (κ1) is 17.7. The summed E-state index contributed by atoms with van der Waals surface area (Å²) >= 11 is 0. The topological polar surface area (TPSA) is 79.4 Å². The van der Waals surface area contributed by atoms with Gasteiger partial charge in [0.15, 0.2) is 9.84 Å². The van der Waals surface area contributed by atoms with E-state index >= 15 is 0 Å². The molecule has 1 aliphatic heterocycles. The average Bonchev–Trinajstić information content (AvgIpc) is 2.89. The zero-order valence-corrected chi connectivity index (χ0v) is 14.6. The monoisotopic (exact) mass is 339 g/mol. The van der Waals surface area contributed by atoms with Crippen LogP contribution in [0, 0.1) is 0 Å². The van der Waals surface area contributed by atoms with Gasteiger partial charge in [0, 0.05) is 19.1 Å². The lowest BCUT2D eigenvalue weighted by Gasteiger charge is -2.26. The van der Waals surface area contributed by atoms with Crippen molar-refractivity contribution in [3.63, 3.8) is 0 Å². The van der Waals surface area contributed by atoms with E-state index in [0.29, 0.717) is 18.7 Å². The molecular formula is C16H25N3O3S. The van der Waals surface area contributed by atoms with Crippen LogP contribution in [0.2, 0.25) is 0 Å². The van der Waals surface area contributed by atoms with E-state index in [2.05, 4.69) is 17.2 Å². The van der Waals surface area contributed by atoms with Gasteiger partial charge in [0.1, 0.15) is 5.69 Å². The van der Waals surface area contributed by atoms with E-state index in [1.165, 1.54) is 0 Å². The lowest BCUT2D eigenvalue weighted by atomic mass is 10.2. The number of anilines is 1. The van der Waals surface area contributed by atoms with Gasteiger partial charge in [0.2, 0.25) is 0 Å². The minimum absolute atomic E-state index is 0.0588. The molecule has 1 aromatic rings. The standard InChI is InChI=1S/C16H25N3O3S/c1-3-5-9-17-13-6-7-15(18-11-13)16(20)19(4-2)14-8-10-23(21,22)12-14/h6-7,11,14,17H,3-5,8-10,12H2,1-2H3. The van der Waals surface area contributed by atoms with Gasteiger partial charge in [-0.1, -0.05) is 13.3 Å². The zero-order valence-electron chi connectivity index (χ0n) is 13.8. The van der Waals surface area contributed by atoms with Gasteiger partial charge in [0.25, 0.3) is 5.91 Å². The Bertz CT molecular complexity index is 628. The Morgan fingerprint density at radius 1 is 1.39 bits per heavy atom. The highest BCUT2D eigenvalue weighted by Crippen LogP contribution is 2.19. The molecule has 23 heavy (non-hydrogen) atoms. The average molecular weight is 339 g/mol. The molecule has 1 atom stereocenters. The summed E-state index contributed by atoms with van der Waals surface area (Å²) < 4.78 is 23.3. The summed E-state index contributed by atoms with van der Waals surface area (Å²) in [5.74, 6) is 0.0213. The summed E-state index contributed by atoms with van der Waals surface area (Å²) in [7, 11) is -3.01. The van der Waals surface area contributed by atoms with Crippen molar-refractivity contribution in [2.24, 2.45) is 0 Å². The molecule has 7 heteroatoms. The Kier molecular flexibility index (Phi) is 5.98. The molecule has 2 rings (SSSR count). The summed E-state index contributed by atoms with van der Waals surface area (Å²) in [6.45, 7) is 5.36. The van der Waals surface area contributed by atoms with Gasteiger partial charge >= 0.3 is 0 Å². The van der Waals surface area contributed by atoms with E-state index in [0.717, 1.165) is 25.1 Å². The summed E-state index contributed by atoms with van der Waals surface area (Å²) in [6.07, 6.45) is 4.37. The second-order valence-corrected chi connectivity index (χ2v) is 8.09. The number of carbonyl (C=O) groups is 1. The molecule has 6 nitrogen and oxygen atoms in total. The predicted molar refractivity (Wildman–Crippen MR) is 91.4 cm³/mol. The summed E-state index contributed by atoms with van der Waals surface area (Å²) in [6, 6.07) is 3.30. The number of nitrogens with zero attached hydrogens (tertiary/aromatic N) is 2. The van der Waals surface area contributed by atoms with E-state index in [1.807, 2.05) is 13.0 Å². The molecule has 0 bridgehead atoms. The van der Waals surface area contributed by atoms with Crippen LogP contribution in [0.1, 0.15) is 43.6 Å². The number of rotatable bonds is 7. The Morgan fingerprint density at radius 3 is 2.70 bits per heavy atom. The molecular weight excluding hydrogens is 314 g/mol. The maximum Gasteiger partial charge on any atom is 0.272 e. The van der Waals surface area contributed by atoms with Gasteiger partial charge in [-0.2, -0.15) is 0 Å². The second kappa shape index (κ2) is 7.77. The van der Waals surface area contributed by atoms with E-state index < -0.39 is 9.84 Å². The van der Waals surface area contributed by atoms with Crippen molar-refractivity contribution in [2.75, 3.05) is 29.9 Å². The van der Waals surface area contributed by atoms with Crippen molar-refractivity contribution in [2.45, 2.75) is 39.2 Å². The van der Waals surface area contributed by atoms with Crippen LogP contribution < -0.4 is 5.32 Å². The van der Waals surface area contributed by atoms with Crippen molar-refractivity contribution in [1.29, 1.82) is 0 Å². The number of sulfone groups is 1. The van der Waals surface area contributed by atoms with E-state index in [1.54, 1.807) is 17.2 Å². The molecule has 1 fully saturated rings. The summed E-state index contributed by atoms with van der Waals surface area (Å²) in [5.41, 5.74) is 1.25. The van der Waals surface area contributed by atoms with Gasteiger partial charge in [-0.15, -0.1) is 0 Å². The quantitative estimate of drug-likeness (QED) is 0.768. The van der Waals surface area contributed by atoms with Gasteiger partial charge in [0.05, 0.1) is 23.4 Å². The van der Waals surface area contributed by atoms with Crippen LogP contribution in [0.4, 0.5) is 5.69 Å². The molecule has 0 spiro atoms. The fraction of sp³-hybridized carbons (Fsp3) is 0.625. The number of nitrogens with one attached hydrogen (secondary N) is 1. The smallest absolute Gasteiger partial charge is 0.272 e. The number of aromatic nitrogens is 1. The molecule has 1 saturated heterocycles. The van der Waals surface area contributed by atoms with E-state index in [9.17, 15) is 13.2 Å². The molecule has 0 aromatic carbocycles. The number of amides is 1. The number of carbonyl (C=O) groups excluding carboxylic acids is 1. The molecule has 0 saturated carbocycles. The number of pyridine rings is 1. The zero-order chi connectivity index (χ0) is 16.9.